The maximum atomic E-state index is 6.04. The Kier molecular flexibility index (Phi) is 2.70. The first-order chi connectivity index (χ1) is 7.88. The molecule has 0 aromatic heterocycles. The van der Waals surface area contributed by atoms with Crippen LogP contribution in [0.4, 0.5) is 0 Å². The van der Waals surface area contributed by atoms with Gasteiger partial charge in [-0.2, -0.15) is 0 Å². The van der Waals surface area contributed by atoms with Gasteiger partial charge in [-0.25, -0.2) is 0 Å². The van der Waals surface area contributed by atoms with Crippen molar-refractivity contribution in [3.05, 3.63) is 35.9 Å². The van der Waals surface area contributed by atoms with E-state index in [1.54, 1.807) is 0 Å². The fraction of sp³-hybridized carbons (Fsp3) is 0.571. The van der Waals surface area contributed by atoms with Crippen LogP contribution in [0.5, 0.6) is 0 Å². The number of hydrogen-bond donors (Lipinski definition) is 1. The van der Waals surface area contributed by atoms with Crippen molar-refractivity contribution in [1.29, 1.82) is 0 Å². The van der Waals surface area contributed by atoms with Crippen molar-refractivity contribution in [3.63, 3.8) is 0 Å². The summed E-state index contributed by atoms with van der Waals surface area (Å²) in [6.07, 6.45) is 6.32. The fourth-order valence-electron chi connectivity index (χ4n) is 2.92. The summed E-state index contributed by atoms with van der Waals surface area (Å²) in [5.41, 5.74) is 1.35. The summed E-state index contributed by atoms with van der Waals surface area (Å²) in [6.45, 7) is 0.823. The van der Waals surface area contributed by atoms with E-state index in [9.17, 15) is 0 Å². The van der Waals surface area contributed by atoms with Crippen LogP contribution in [0.1, 0.15) is 43.7 Å². The second kappa shape index (κ2) is 4.19. The zero-order valence-electron chi connectivity index (χ0n) is 9.61. The van der Waals surface area contributed by atoms with Gasteiger partial charge in [0.05, 0.1) is 12.6 Å². The number of nitrogens with one attached hydrogen (secondary N) is 1. The van der Waals surface area contributed by atoms with Crippen LogP contribution < -0.4 is 5.32 Å². The zero-order valence-corrected chi connectivity index (χ0v) is 9.61. The van der Waals surface area contributed by atoms with Crippen LogP contribution in [-0.2, 0) is 4.74 Å². The van der Waals surface area contributed by atoms with Gasteiger partial charge in [0, 0.05) is 0 Å². The smallest absolute Gasteiger partial charge is 0.119 e. The number of rotatable bonds is 1. The first-order valence-electron chi connectivity index (χ1n) is 6.35. The molecule has 1 atom stereocenters. The van der Waals surface area contributed by atoms with E-state index in [-0.39, 0.29) is 5.72 Å². The SMILES string of the molecule is c1ccc(C2COC3(CCCCC3)N2)cc1. The third kappa shape index (κ3) is 1.87. The van der Waals surface area contributed by atoms with Gasteiger partial charge in [-0.1, -0.05) is 36.8 Å². The third-order valence-electron chi connectivity index (χ3n) is 3.83. The van der Waals surface area contributed by atoms with Crippen molar-refractivity contribution in [2.75, 3.05) is 6.61 Å². The molecular formula is C14H19NO. The average Bonchev–Trinajstić information content (AvgIpc) is 2.75. The molecule has 2 aliphatic rings. The molecule has 2 fully saturated rings. The zero-order chi connectivity index (χ0) is 10.8. The summed E-state index contributed by atoms with van der Waals surface area (Å²) in [5.74, 6) is 0. The minimum Gasteiger partial charge on any atom is -0.359 e. The molecule has 0 amide bonds. The van der Waals surface area contributed by atoms with Crippen molar-refractivity contribution in [1.82, 2.24) is 5.32 Å². The summed E-state index contributed by atoms with van der Waals surface area (Å²) in [5, 5.41) is 3.70. The standard InChI is InChI=1S/C14H19NO/c1-3-7-12(8-4-1)13-11-16-14(15-13)9-5-2-6-10-14/h1,3-4,7-8,13,15H,2,5-6,9-11H2. The second-order valence-electron chi connectivity index (χ2n) is 4.97. The highest BCUT2D eigenvalue weighted by Gasteiger charge is 2.40. The molecule has 3 rings (SSSR count). The van der Waals surface area contributed by atoms with Crippen molar-refractivity contribution in [3.8, 4) is 0 Å². The monoisotopic (exact) mass is 217 g/mol. The van der Waals surface area contributed by atoms with Crippen LogP contribution in [0, 0.1) is 0 Å². The molecule has 1 saturated heterocycles. The van der Waals surface area contributed by atoms with Crippen molar-refractivity contribution in [2.24, 2.45) is 0 Å². The van der Waals surface area contributed by atoms with Gasteiger partial charge in [-0.05, 0) is 31.2 Å². The summed E-state index contributed by atoms with van der Waals surface area (Å²) in [4.78, 5) is 0. The molecule has 1 saturated carbocycles. The van der Waals surface area contributed by atoms with E-state index in [2.05, 4.69) is 35.6 Å². The second-order valence-corrected chi connectivity index (χ2v) is 4.97. The van der Waals surface area contributed by atoms with Crippen molar-refractivity contribution >= 4 is 0 Å². The number of hydrogen-bond acceptors (Lipinski definition) is 2. The summed E-state index contributed by atoms with van der Waals surface area (Å²) >= 11 is 0. The molecule has 0 radical (unpaired) electrons. The lowest BCUT2D eigenvalue weighted by atomic mass is 9.91. The molecule has 2 heteroatoms. The Morgan fingerprint density at radius 2 is 1.81 bits per heavy atom. The van der Waals surface area contributed by atoms with E-state index in [1.165, 1.54) is 37.7 Å². The van der Waals surface area contributed by atoms with E-state index >= 15 is 0 Å². The molecule has 1 aliphatic carbocycles. The molecule has 2 nitrogen and oxygen atoms in total. The lowest BCUT2D eigenvalue weighted by Crippen LogP contribution is -2.43. The topological polar surface area (TPSA) is 21.3 Å². The molecular weight excluding hydrogens is 198 g/mol. The highest BCUT2D eigenvalue weighted by molar-refractivity contribution is 5.20. The molecule has 86 valence electrons. The van der Waals surface area contributed by atoms with Crippen LogP contribution in [-0.4, -0.2) is 12.3 Å². The number of ether oxygens (including phenoxy) is 1. The van der Waals surface area contributed by atoms with Crippen LogP contribution in [0.25, 0.3) is 0 Å². The van der Waals surface area contributed by atoms with Crippen LogP contribution in [0.15, 0.2) is 30.3 Å². The Balaban J connectivity index is 1.73. The van der Waals surface area contributed by atoms with Gasteiger partial charge in [-0.3, -0.25) is 5.32 Å². The summed E-state index contributed by atoms with van der Waals surface area (Å²) in [6, 6.07) is 11.0. The van der Waals surface area contributed by atoms with E-state index in [1.807, 2.05) is 0 Å². The van der Waals surface area contributed by atoms with Crippen molar-refractivity contribution < 1.29 is 4.74 Å². The molecule has 16 heavy (non-hydrogen) atoms. The average molecular weight is 217 g/mol. The first kappa shape index (κ1) is 10.3. The normalized spacial score (nSPS) is 28.4. The molecule has 0 bridgehead atoms. The minimum atomic E-state index is -0.00123. The van der Waals surface area contributed by atoms with Gasteiger partial charge < -0.3 is 4.74 Å². The largest absolute Gasteiger partial charge is 0.359 e. The quantitative estimate of drug-likeness (QED) is 0.780. The highest BCUT2D eigenvalue weighted by Crippen LogP contribution is 2.36. The molecule has 1 unspecified atom stereocenters. The molecule has 1 N–H and O–H groups in total. The molecule has 1 aromatic carbocycles. The van der Waals surface area contributed by atoms with Gasteiger partial charge in [0.15, 0.2) is 0 Å². The Hall–Kier alpha value is -0.860. The predicted molar refractivity (Wildman–Crippen MR) is 64.1 cm³/mol. The van der Waals surface area contributed by atoms with Gasteiger partial charge in [0.25, 0.3) is 0 Å². The van der Waals surface area contributed by atoms with Gasteiger partial charge in [0.1, 0.15) is 5.72 Å². The predicted octanol–water partition coefficient (Wildman–Crippen LogP) is 3.01. The summed E-state index contributed by atoms with van der Waals surface area (Å²) < 4.78 is 6.04. The van der Waals surface area contributed by atoms with Gasteiger partial charge in [-0.15, -0.1) is 0 Å². The summed E-state index contributed by atoms with van der Waals surface area (Å²) in [7, 11) is 0. The Bertz CT molecular complexity index is 343. The highest BCUT2D eigenvalue weighted by atomic mass is 16.5. The molecule has 1 aliphatic heterocycles. The van der Waals surface area contributed by atoms with Crippen molar-refractivity contribution in [2.45, 2.75) is 43.9 Å². The maximum absolute atomic E-state index is 6.04. The van der Waals surface area contributed by atoms with Crippen LogP contribution in [0.2, 0.25) is 0 Å². The fourth-order valence-corrected chi connectivity index (χ4v) is 2.92. The minimum absolute atomic E-state index is 0.00123. The lowest BCUT2D eigenvalue weighted by molar-refractivity contribution is -0.0383. The van der Waals surface area contributed by atoms with Crippen LogP contribution in [0.3, 0.4) is 0 Å². The number of benzene rings is 1. The molecule has 1 heterocycles. The molecule has 1 spiro atoms. The van der Waals surface area contributed by atoms with E-state index in [0.29, 0.717) is 6.04 Å². The van der Waals surface area contributed by atoms with Gasteiger partial charge >= 0.3 is 0 Å². The Morgan fingerprint density at radius 1 is 1.06 bits per heavy atom. The van der Waals surface area contributed by atoms with Crippen LogP contribution >= 0.6 is 0 Å². The Morgan fingerprint density at radius 3 is 2.56 bits per heavy atom. The molecule has 1 aromatic rings. The lowest BCUT2D eigenvalue weighted by Gasteiger charge is -2.33. The van der Waals surface area contributed by atoms with Gasteiger partial charge in [0.2, 0.25) is 0 Å². The van der Waals surface area contributed by atoms with E-state index in [4.69, 9.17) is 4.74 Å². The third-order valence-corrected chi connectivity index (χ3v) is 3.83. The van der Waals surface area contributed by atoms with E-state index in [0.717, 1.165) is 6.61 Å². The van der Waals surface area contributed by atoms with E-state index < -0.39 is 0 Å². The first-order valence-corrected chi connectivity index (χ1v) is 6.35. The Labute approximate surface area is 97.0 Å². The maximum Gasteiger partial charge on any atom is 0.119 e.